The first-order valence-corrected chi connectivity index (χ1v) is 10.9. The molecule has 0 radical (unpaired) electrons. The number of benzene rings is 2. The van der Waals surface area contributed by atoms with Crippen molar-refractivity contribution in [3.05, 3.63) is 53.7 Å². The van der Waals surface area contributed by atoms with Crippen LogP contribution in [0.5, 0.6) is 5.88 Å². The van der Waals surface area contributed by atoms with Gasteiger partial charge in [0, 0.05) is 48.5 Å². The summed E-state index contributed by atoms with van der Waals surface area (Å²) < 4.78 is 7.11. The molecule has 0 unspecified atom stereocenters. The maximum absolute atomic E-state index is 13.1. The molecule has 1 saturated heterocycles. The minimum absolute atomic E-state index is 0.101. The van der Waals surface area contributed by atoms with Crippen LogP contribution in [-0.2, 0) is 34.3 Å². The first kappa shape index (κ1) is 21.4. The fourth-order valence-corrected chi connectivity index (χ4v) is 4.48. The van der Waals surface area contributed by atoms with Crippen molar-refractivity contribution in [3.63, 3.8) is 0 Å². The normalized spacial score (nSPS) is 19.4. The molecule has 9 nitrogen and oxygen atoms in total. The number of nitrogens with one attached hydrogen (secondary N) is 2. The lowest BCUT2D eigenvalue weighted by Crippen LogP contribution is -2.55. The Balaban J connectivity index is 1.32. The summed E-state index contributed by atoms with van der Waals surface area (Å²) >= 11 is 0. The zero-order valence-corrected chi connectivity index (χ0v) is 18.2. The van der Waals surface area contributed by atoms with Gasteiger partial charge in [-0.2, -0.15) is 0 Å². The first-order chi connectivity index (χ1) is 15.9. The van der Waals surface area contributed by atoms with E-state index in [-0.39, 0.29) is 19.0 Å². The van der Waals surface area contributed by atoms with Crippen LogP contribution in [0.15, 0.2) is 42.6 Å². The predicted octanol–water partition coefficient (Wildman–Crippen LogP) is 1.26. The Morgan fingerprint density at radius 3 is 2.94 bits per heavy atom. The largest absolute Gasteiger partial charge is 0.494 e. The Labute approximate surface area is 190 Å². The monoisotopic (exact) mass is 450 g/mol. The smallest absolute Gasteiger partial charge is 0.259 e. The van der Waals surface area contributed by atoms with E-state index in [0.29, 0.717) is 16.8 Å². The van der Waals surface area contributed by atoms with E-state index in [1.807, 2.05) is 18.2 Å². The molecule has 3 aromatic rings. The van der Waals surface area contributed by atoms with Gasteiger partial charge < -0.3 is 35.1 Å². The number of aryl methyl sites for hydroxylation is 1. The number of rotatable bonds is 4. The highest BCUT2D eigenvalue weighted by atomic mass is 16.5. The van der Waals surface area contributed by atoms with Gasteiger partial charge in [-0.25, -0.2) is 0 Å². The summed E-state index contributed by atoms with van der Waals surface area (Å²) in [6.45, 7) is 2.12. The van der Waals surface area contributed by atoms with Gasteiger partial charge in [0.2, 0.25) is 0 Å². The molecular weight excluding hydrogens is 424 g/mol. The number of carbonyl (C=O) groups excluding carboxylic acids is 2. The van der Waals surface area contributed by atoms with Crippen LogP contribution < -0.4 is 15.5 Å². The molecule has 4 N–H and O–H groups in total. The number of aromatic nitrogens is 1. The van der Waals surface area contributed by atoms with Crippen molar-refractivity contribution in [3.8, 4) is 5.88 Å². The molecule has 9 heteroatoms. The van der Waals surface area contributed by atoms with E-state index in [1.165, 1.54) is 10.5 Å². The van der Waals surface area contributed by atoms with Crippen LogP contribution in [0.2, 0.25) is 0 Å². The van der Waals surface area contributed by atoms with Crippen LogP contribution in [0, 0.1) is 0 Å². The van der Waals surface area contributed by atoms with Gasteiger partial charge in [-0.1, -0.05) is 12.1 Å². The number of carbonyl (C=O) groups is 2. The van der Waals surface area contributed by atoms with Crippen molar-refractivity contribution in [1.82, 2.24) is 9.88 Å². The number of aliphatic hydroxyl groups is 1. The summed E-state index contributed by atoms with van der Waals surface area (Å²) in [4.78, 5) is 27.3. The number of aromatic hydroxyl groups is 1. The number of fused-ring (bicyclic) bond motifs is 2. The maximum Gasteiger partial charge on any atom is 0.259 e. The average Bonchev–Trinajstić information content (AvgIpc) is 3.11. The van der Waals surface area contributed by atoms with Gasteiger partial charge in [0.25, 0.3) is 11.8 Å². The van der Waals surface area contributed by atoms with E-state index in [9.17, 15) is 19.8 Å². The molecule has 0 aliphatic carbocycles. The molecule has 33 heavy (non-hydrogen) atoms. The average molecular weight is 450 g/mol. The highest BCUT2D eigenvalue weighted by Gasteiger charge is 2.39. The number of ether oxygens (including phenoxy) is 1. The van der Waals surface area contributed by atoms with E-state index in [4.69, 9.17) is 4.74 Å². The van der Waals surface area contributed by atoms with Crippen LogP contribution >= 0.6 is 0 Å². The standard InChI is InChI=1S/C24H26N4O5/c1-27-13-16-3-5-18(11-19(16)23(27)31)28-8-9-33-21(24(28)32)20(29)22(30)26-17-4-2-15-12-25-7-6-14(15)10-17/h2-5,10-11,13,20-21,25,29,31H,6-9,12H2,1H3,(H,26,30)/t20-,21-/m1/s1. The number of nitrogens with zero attached hydrogens (tertiary/aromatic N) is 2. The summed E-state index contributed by atoms with van der Waals surface area (Å²) in [7, 11) is 1.74. The third kappa shape index (κ3) is 3.95. The molecule has 0 spiro atoms. The van der Waals surface area contributed by atoms with Crippen LogP contribution in [0.4, 0.5) is 11.4 Å². The molecule has 5 rings (SSSR count). The molecule has 2 aliphatic rings. The predicted molar refractivity (Wildman–Crippen MR) is 123 cm³/mol. The molecule has 2 atom stereocenters. The van der Waals surface area contributed by atoms with Gasteiger partial charge in [0.1, 0.15) is 0 Å². The van der Waals surface area contributed by atoms with E-state index in [1.54, 1.807) is 36.0 Å². The molecule has 1 aromatic heterocycles. The Morgan fingerprint density at radius 2 is 2.09 bits per heavy atom. The Kier molecular flexibility index (Phi) is 5.53. The summed E-state index contributed by atoms with van der Waals surface area (Å²) in [5.74, 6) is -1.10. The summed E-state index contributed by atoms with van der Waals surface area (Å²) in [6.07, 6.45) is -0.321. The minimum atomic E-state index is -1.66. The highest BCUT2D eigenvalue weighted by molar-refractivity contribution is 6.05. The lowest BCUT2D eigenvalue weighted by Gasteiger charge is -2.34. The summed E-state index contributed by atoms with van der Waals surface area (Å²) in [6, 6.07) is 10.9. The maximum atomic E-state index is 13.1. The number of aliphatic hydroxyl groups excluding tert-OH is 1. The van der Waals surface area contributed by atoms with Gasteiger partial charge in [0.15, 0.2) is 18.1 Å². The van der Waals surface area contributed by atoms with Crippen LogP contribution in [0.1, 0.15) is 11.1 Å². The van der Waals surface area contributed by atoms with E-state index < -0.39 is 24.0 Å². The molecule has 2 aromatic carbocycles. The van der Waals surface area contributed by atoms with E-state index in [0.717, 1.165) is 30.5 Å². The van der Waals surface area contributed by atoms with E-state index >= 15 is 0 Å². The van der Waals surface area contributed by atoms with Gasteiger partial charge in [0.05, 0.1) is 6.61 Å². The second kappa shape index (κ2) is 8.51. The molecule has 2 amide bonds. The molecule has 1 fully saturated rings. The number of amides is 2. The van der Waals surface area contributed by atoms with Crippen molar-refractivity contribution in [2.75, 3.05) is 29.9 Å². The van der Waals surface area contributed by atoms with Crippen molar-refractivity contribution in [1.29, 1.82) is 0 Å². The van der Waals surface area contributed by atoms with Gasteiger partial charge in [-0.15, -0.1) is 0 Å². The second-order valence-corrected chi connectivity index (χ2v) is 8.46. The minimum Gasteiger partial charge on any atom is -0.494 e. The summed E-state index contributed by atoms with van der Waals surface area (Å²) in [5, 5.41) is 28.4. The second-order valence-electron chi connectivity index (χ2n) is 8.46. The highest BCUT2D eigenvalue weighted by Crippen LogP contribution is 2.31. The topological polar surface area (TPSA) is 116 Å². The third-order valence-corrected chi connectivity index (χ3v) is 6.29. The van der Waals surface area contributed by atoms with Gasteiger partial charge in [-0.3, -0.25) is 9.59 Å². The van der Waals surface area contributed by atoms with Crippen LogP contribution in [0.3, 0.4) is 0 Å². The zero-order chi connectivity index (χ0) is 23.1. The van der Waals surface area contributed by atoms with Crippen LogP contribution in [0.25, 0.3) is 10.8 Å². The number of morpholine rings is 1. The molecule has 0 bridgehead atoms. The van der Waals surface area contributed by atoms with Crippen molar-refractivity contribution in [2.45, 2.75) is 25.2 Å². The third-order valence-electron chi connectivity index (χ3n) is 6.29. The Bertz CT molecular complexity index is 1240. The van der Waals surface area contributed by atoms with Gasteiger partial charge >= 0.3 is 0 Å². The fourth-order valence-electron chi connectivity index (χ4n) is 4.48. The molecule has 172 valence electrons. The van der Waals surface area contributed by atoms with E-state index in [2.05, 4.69) is 10.6 Å². The molecule has 3 heterocycles. The molecule has 0 saturated carbocycles. The Hall–Kier alpha value is -3.40. The molecular formula is C24H26N4O5. The van der Waals surface area contributed by atoms with Gasteiger partial charge in [-0.05, 0) is 48.4 Å². The number of anilines is 2. The number of hydrogen-bond donors (Lipinski definition) is 4. The van der Waals surface area contributed by atoms with Crippen LogP contribution in [-0.4, -0.2) is 58.5 Å². The lowest BCUT2D eigenvalue weighted by molar-refractivity contribution is -0.150. The quantitative estimate of drug-likeness (QED) is 0.476. The number of hydrogen-bond acceptors (Lipinski definition) is 6. The first-order valence-electron chi connectivity index (χ1n) is 10.9. The lowest BCUT2D eigenvalue weighted by atomic mass is 10.0. The SMILES string of the molecule is Cn1cc2ccc(N3CCO[C@H]([C@@H](O)C(=O)Nc4ccc5c(c4)CCNC5)C3=O)cc2c1O. The molecule has 2 aliphatic heterocycles. The van der Waals surface area contributed by atoms with Crippen molar-refractivity contribution < 1.29 is 24.5 Å². The zero-order valence-electron chi connectivity index (χ0n) is 18.2. The Morgan fingerprint density at radius 1 is 1.24 bits per heavy atom. The van der Waals surface area contributed by atoms with Crippen molar-refractivity contribution >= 4 is 34.0 Å². The summed E-state index contributed by atoms with van der Waals surface area (Å²) in [5.41, 5.74) is 3.47. The fraction of sp³-hybridized carbons (Fsp3) is 0.333. The van der Waals surface area contributed by atoms with Crippen molar-refractivity contribution in [2.24, 2.45) is 7.05 Å².